The molecule has 1 unspecified atom stereocenters. The van der Waals surface area contributed by atoms with Crippen molar-refractivity contribution < 1.29 is 9.59 Å². The highest BCUT2D eigenvalue weighted by Crippen LogP contribution is 2.24. The molecule has 0 saturated carbocycles. The maximum Gasteiger partial charge on any atom is 0.265 e. The van der Waals surface area contributed by atoms with E-state index in [1.165, 1.54) is 24.2 Å². The van der Waals surface area contributed by atoms with Gasteiger partial charge in [-0.2, -0.15) is 0 Å². The number of piperidine rings is 1. The molecule has 2 amide bonds. The summed E-state index contributed by atoms with van der Waals surface area (Å²) in [6, 6.07) is 8.49. The van der Waals surface area contributed by atoms with Crippen LogP contribution in [0.15, 0.2) is 35.7 Å². The van der Waals surface area contributed by atoms with Gasteiger partial charge in [0.15, 0.2) is 0 Å². The topological polar surface area (TPSA) is 61.4 Å². The zero-order valence-electron chi connectivity index (χ0n) is 16.0. The Kier molecular flexibility index (Phi) is 7.48. The molecule has 2 heterocycles. The van der Waals surface area contributed by atoms with Crippen LogP contribution in [0, 0.1) is 5.92 Å². The van der Waals surface area contributed by atoms with Crippen molar-refractivity contribution in [1.82, 2.24) is 10.2 Å². The zero-order chi connectivity index (χ0) is 19.9. The molecule has 1 aromatic carbocycles. The number of carbonyl (C=O) groups is 2. The summed E-state index contributed by atoms with van der Waals surface area (Å²) in [5.41, 5.74) is 0.924. The van der Waals surface area contributed by atoms with E-state index in [0.717, 1.165) is 32.0 Å². The Morgan fingerprint density at radius 2 is 2.14 bits per heavy atom. The van der Waals surface area contributed by atoms with Gasteiger partial charge in [-0.05, 0) is 67.9 Å². The van der Waals surface area contributed by atoms with Crippen LogP contribution < -0.4 is 10.6 Å². The van der Waals surface area contributed by atoms with Crippen molar-refractivity contribution in [3.8, 4) is 0 Å². The van der Waals surface area contributed by atoms with Crippen molar-refractivity contribution in [1.29, 1.82) is 0 Å². The first-order chi connectivity index (χ1) is 13.5. The molecule has 1 aliphatic rings. The van der Waals surface area contributed by atoms with E-state index in [-0.39, 0.29) is 11.8 Å². The van der Waals surface area contributed by atoms with Crippen molar-refractivity contribution in [3.63, 3.8) is 0 Å². The maximum atomic E-state index is 12.4. The Labute approximate surface area is 175 Å². The summed E-state index contributed by atoms with van der Waals surface area (Å²) in [5.74, 6) is 0.376. The molecule has 2 aromatic rings. The van der Waals surface area contributed by atoms with E-state index in [0.29, 0.717) is 27.7 Å². The molecule has 1 aliphatic heterocycles. The summed E-state index contributed by atoms with van der Waals surface area (Å²) in [7, 11) is 0. The summed E-state index contributed by atoms with van der Waals surface area (Å²) < 4.78 is 0. The first-order valence-electron chi connectivity index (χ1n) is 9.68. The second-order valence-electron chi connectivity index (χ2n) is 7.28. The fourth-order valence-corrected chi connectivity index (χ4v) is 4.23. The number of benzene rings is 1. The Morgan fingerprint density at radius 1 is 1.29 bits per heavy atom. The van der Waals surface area contributed by atoms with Gasteiger partial charge in [-0.15, -0.1) is 11.3 Å². The zero-order valence-corrected chi connectivity index (χ0v) is 17.6. The molecule has 0 spiro atoms. The van der Waals surface area contributed by atoms with Crippen LogP contribution in [0.5, 0.6) is 0 Å². The molecule has 1 saturated heterocycles. The molecule has 0 aliphatic carbocycles. The van der Waals surface area contributed by atoms with Gasteiger partial charge in [0.25, 0.3) is 11.8 Å². The monoisotopic (exact) mass is 419 g/mol. The molecule has 1 atom stereocenters. The van der Waals surface area contributed by atoms with E-state index in [1.54, 1.807) is 24.3 Å². The van der Waals surface area contributed by atoms with Gasteiger partial charge in [0.05, 0.1) is 15.6 Å². The van der Waals surface area contributed by atoms with Crippen molar-refractivity contribution in [3.05, 3.63) is 51.2 Å². The average Bonchev–Trinajstić information content (AvgIpc) is 3.22. The summed E-state index contributed by atoms with van der Waals surface area (Å²) in [6.45, 7) is 6.24. The van der Waals surface area contributed by atoms with E-state index in [9.17, 15) is 9.59 Å². The maximum absolute atomic E-state index is 12.4. The first kappa shape index (κ1) is 20.8. The number of amides is 2. The molecule has 5 nitrogen and oxygen atoms in total. The molecule has 1 aromatic heterocycles. The predicted molar refractivity (Wildman–Crippen MR) is 116 cm³/mol. The number of likely N-dealkylation sites (tertiary alicyclic amines) is 1. The van der Waals surface area contributed by atoms with E-state index < -0.39 is 0 Å². The van der Waals surface area contributed by atoms with E-state index >= 15 is 0 Å². The van der Waals surface area contributed by atoms with Gasteiger partial charge < -0.3 is 15.5 Å². The van der Waals surface area contributed by atoms with Crippen molar-refractivity contribution >= 4 is 40.4 Å². The SMILES string of the molecule is CC1CCCN(CCCNC(=O)c2ccc(Cl)c(NC(=O)c3cccs3)c2)C1. The molecule has 7 heteroatoms. The third-order valence-corrected chi connectivity index (χ3v) is 6.10. The number of anilines is 1. The van der Waals surface area contributed by atoms with Crippen LogP contribution in [-0.2, 0) is 0 Å². The van der Waals surface area contributed by atoms with Crippen molar-refractivity contribution in [2.45, 2.75) is 26.2 Å². The summed E-state index contributed by atoms with van der Waals surface area (Å²) in [6.07, 6.45) is 3.50. The lowest BCUT2D eigenvalue weighted by atomic mass is 10.0. The van der Waals surface area contributed by atoms with Gasteiger partial charge in [-0.1, -0.05) is 24.6 Å². The Morgan fingerprint density at radius 3 is 2.89 bits per heavy atom. The van der Waals surface area contributed by atoms with Crippen LogP contribution in [0.1, 0.15) is 46.2 Å². The quantitative estimate of drug-likeness (QED) is 0.649. The molecule has 0 bridgehead atoms. The van der Waals surface area contributed by atoms with Crippen LogP contribution in [-0.4, -0.2) is 42.9 Å². The van der Waals surface area contributed by atoms with Crippen LogP contribution in [0.25, 0.3) is 0 Å². The Hall–Kier alpha value is -1.89. The van der Waals surface area contributed by atoms with E-state index in [4.69, 9.17) is 11.6 Å². The lowest BCUT2D eigenvalue weighted by Gasteiger charge is -2.30. The predicted octanol–water partition coefficient (Wildman–Crippen LogP) is 4.51. The fourth-order valence-electron chi connectivity index (χ4n) is 3.45. The molecule has 1 fully saturated rings. The third-order valence-electron chi connectivity index (χ3n) is 4.90. The molecule has 28 heavy (non-hydrogen) atoms. The minimum absolute atomic E-state index is 0.157. The summed E-state index contributed by atoms with van der Waals surface area (Å²) in [5, 5.41) is 7.97. The standard InChI is InChI=1S/C21H26ClN3O2S/c1-15-5-2-10-25(14-15)11-4-9-23-20(26)16-7-8-17(22)18(13-16)24-21(27)19-6-3-12-28-19/h3,6-8,12-13,15H,2,4-5,9-11,14H2,1H3,(H,23,26)(H,24,27). The molecular weight excluding hydrogens is 394 g/mol. The second-order valence-corrected chi connectivity index (χ2v) is 8.64. The fraction of sp³-hybridized carbons (Fsp3) is 0.429. The highest BCUT2D eigenvalue weighted by Gasteiger charge is 2.16. The number of nitrogens with one attached hydrogen (secondary N) is 2. The molecule has 3 rings (SSSR count). The largest absolute Gasteiger partial charge is 0.352 e. The highest BCUT2D eigenvalue weighted by atomic mass is 35.5. The van der Waals surface area contributed by atoms with Crippen molar-refractivity contribution in [2.24, 2.45) is 5.92 Å². The smallest absolute Gasteiger partial charge is 0.265 e. The lowest BCUT2D eigenvalue weighted by molar-refractivity contribution is 0.0948. The number of hydrogen-bond donors (Lipinski definition) is 2. The van der Waals surface area contributed by atoms with Gasteiger partial charge in [-0.25, -0.2) is 0 Å². The minimum atomic E-state index is -0.231. The summed E-state index contributed by atoms with van der Waals surface area (Å²) in [4.78, 5) is 27.7. The average molecular weight is 420 g/mol. The number of carbonyl (C=O) groups excluding carboxylic acids is 2. The van der Waals surface area contributed by atoms with Gasteiger partial charge >= 0.3 is 0 Å². The van der Waals surface area contributed by atoms with Crippen LogP contribution >= 0.6 is 22.9 Å². The third kappa shape index (κ3) is 5.80. The molecular formula is C21H26ClN3O2S. The Balaban J connectivity index is 1.50. The van der Waals surface area contributed by atoms with Crippen LogP contribution in [0.3, 0.4) is 0 Å². The van der Waals surface area contributed by atoms with Gasteiger partial charge in [0, 0.05) is 18.7 Å². The molecule has 0 radical (unpaired) electrons. The second kappa shape index (κ2) is 10.0. The van der Waals surface area contributed by atoms with Gasteiger partial charge in [0.2, 0.25) is 0 Å². The van der Waals surface area contributed by atoms with Gasteiger partial charge in [-0.3, -0.25) is 9.59 Å². The molecule has 2 N–H and O–H groups in total. The summed E-state index contributed by atoms with van der Waals surface area (Å²) >= 11 is 7.54. The van der Waals surface area contributed by atoms with Crippen LogP contribution in [0.2, 0.25) is 5.02 Å². The highest BCUT2D eigenvalue weighted by molar-refractivity contribution is 7.12. The molecule has 150 valence electrons. The minimum Gasteiger partial charge on any atom is -0.352 e. The van der Waals surface area contributed by atoms with E-state index in [2.05, 4.69) is 22.5 Å². The number of rotatable bonds is 7. The first-order valence-corrected chi connectivity index (χ1v) is 10.9. The number of halogens is 1. The van der Waals surface area contributed by atoms with E-state index in [1.807, 2.05) is 11.4 Å². The van der Waals surface area contributed by atoms with Crippen molar-refractivity contribution in [2.75, 3.05) is 31.5 Å². The Bertz CT molecular complexity index is 810. The lowest BCUT2D eigenvalue weighted by Crippen LogP contribution is -2.36. The van der Waals surface area contributed by atoms with Crippen LogP contribution in [0.4, 0.5) is 5.69 Å². The number of thiophene rings is 1. The number of hydrogen-bond acceptors (Lipinski definition) is 4. The van der Waals surface area contributed by atoms with Gasteiger partial charge in [0.1, 0.15) is 0 Å². The number of nitrogens with zero attached hydrogens (tertiary/aromatic N) is 1. The normalized spacial score (nSPS) is 17.3.